The first kappa shape index (κ1) is 14.6. The van der Waals surface area contributed by atoms with Crippen molar-refractivity contribution in [3.05, 3.63) is 42.0 Å². The van der Waals surface area contributed by atoms with Gasteiger partial charge < -0.3 is 5.32 Å². The average molecular weight is 272 g/mol. The fourth-order valence-electron chi connectivity index (χ4n) is 2.35. The summed E-state index contributed by atoms with van der Waals surface area (Å²) in [5, 5.41) is 8.03. The van der Waals surface area contributed by atoms with E-state index in [2.05, 4.69) is 47.8 Å². The lowest BCUT2D eigenvalue weighted by atomic mass is 10.2. The van der Waals surface area contributed by atoms with E-state index in [1.54, 1.807) is 0 Å². The Labute approximate surface area is 121 Å². The minimum absolute atomic E-state index is 0.179. The van der Waals surface area contributed by atoms with Gasteiger partial charge >= 0.3 is 0 Å². The smallest absolute Gasteiger partial charge is 0.0764 e. The highest BCUT2D eigenvalue weighted by atomic mass is 15.3. The van der Waals surface area contributed by atoms with Crippen molar-refractivity contribution >= 4 is 5.69 Å². The molecule has 2 rings (SSSR count). The fourth-order valence-corrected chi connectivity index (χ4v) is 2.35. The summed E-state index contributed by atoms with van der Waals surface area (Å²) in [6, 6.07) is 6.18. The molecular formula is C16H24N4. The highest BCUT2D eigenvalue weighted by Crippen LogP contribution is 2.22. The Hall–Kier alpha value is -1.84. The number of pyridine rings is 1. The zero-order valence-corrected chi connectivity index (χ0v) is 12.8. The number of hydrogen-bond acceptors (Lipinski definition) is 3. The number of anilines is 1. The van der Waals surface area contributed by atoms with Crippen molar-refractivity contribution in [1.29, 1.82) is 0 Å². The summed E-state index contributed by atoms with van der Waals surface area (Å²) in [4.78, 5) is 4.40. The maximum Gasteiger partial charge on any atom is 0.0764 e. The number of hydrogen-bond donors (Lipinski definition) is 1. The molecule has 2 heterocycles. The predicted octanol–water partition coefficient (Wildman–Crippen LogP) is 3.67. The van der Waals surface area contributed by atoms with E-state index < -0.39 is 0 Å². The fraction of sp³-hybridized carbons (Fsp3) is 0.500. The monoisotopic (exact) mass is 272 g/mol. The number of aromatic nitrogens is 3. The standard InChI is InChI=1S/C16H24N4/c1-5-16-15(10-18-20(16)11-12(2)3)19-13(4)14-8-6-7-9-17-14/h6-10,12-13,19H,5,11H2,1-4H3/t13-/m0/s1. The molecule has 0 bridgehead atoms. The van der Waals surface area contributed by atoms with Gasteiger partial charge in [0, 0.05) is 12.7 Å². The first-order valence-electron chi connectivity index (χ1n) is 7.34. The van der Waals surface area contributed by atoms with Crippen molar-refractivity contribution in [2.75, 3.05) is 5.32 Å². The molecule has 108 valence electrons. The summed E-state index contributed by atoms with van der Waals surface area (Å²) in [6.07, 6.45) is 4.74. The molecule has 0 saturated heterocycles. The van der Waals surface area contributed by atoms with E-state index >= 15 is 0 Å². The second kappa shape index (κ2) is 6.55. The van der Waals surface area contributed by atoms with E-state index in [-0.39, 0.29) is 6.04 Å². The average Bonchev–Trinajstić information content (AvgIpc) is 2.80. The maximum atomic E-state index is 4.51. The van der Waals surface area contributed by atoms with Gasteiger partial charge in [0.25, 0.3) is 0 Å². The molecule has 0 fully saturated rings. The summed E-state index contributed by atoms with van der Waals surface area (Å²) < 4.78 is 2.11. The van der Waals surface area contributed by atoms with Gasteiger partial charge in [-0.25, -0.2) is 0 Å². The third-order valence-corrected chi connectivity index (χ3v) is 3.33. The Morgan fingerprint density at radius 1 is 1.25 bits per heavy atom. The van der Waals surface area contributed by atoms with Crippen LogP contribution < -0.4 is 5.32 Å². The van der Waals surface area contributed by atoms with Crippen LogP contribution in [0, 0.1) is 5.92 Å². The Kier molecular flexibility index (Phi) is 4.77. The number of nitrogens with zero attached hydrogens (tertiary/aromatic N) is 3. The Balaban J connectivity index is 2.15. The molecule has 1 N–H and O–H groups in total. The van der Waals surface area contributed by atoms with Crippen LogP contribution in [0.1, 0.15) is 45.1 Å². The zero-order chi connectivity index (χ0) is 14.5. The first-order chi connectivity index (χ1) is 9.61. The van der Waals surface area contributed by atoms with Gasteiger partial charge in [0.05, 0.1) is 29.3 Å². The topological polar surface area (TPSA) is 42.7 Å². The lowest BCUT2D eigenvalue weighted by Gasteiger charge is -2.15. The van der Waals surface area contributed by atoms with Gasteiger partial charge in [-0.05, 0) is 31.4 Å². The van der Waals surface area contributed by atoms with Crippen LogP contribution in [0.15, 0.2) is 30.6 Å². The molecule has 0 aliphatic heterocycles. The third kappa shape index (κ3) is 3.38. The minimum Gasteiger partial charge on any atom is -0.374 e. The van der Waals surface area contributed by atoms with E-state index in [0.29, 0.717) is 5.92 Å². The van der Waals surface area contributed by atoms with Crippen molar-refractivity contribution in [2.24, 2.45) is 5.92 Å². The van der Waals surface area contributed by atoms with E-state index in [1.165, 1.54) is 5.69 Å². The second-order valence-corrected chi connectivity index (χ2v) is 5.56. The van der Waals surface area contributed by atoms with Gasteiger partial charge in [-0.3, -0.25) is 9.67 Å². The zero-order valence-electron chi connectivity index (χ0n) is 12.8. The number of rotatable bonds is 6. The van der Waals surface area contributed by atoms with Gasteiger partial charge in [-0.2, -0.15) is 5.10 Å². The molecule has 0 spiro atoms. The normalized spacial score (nSPS) is 12.7. The van der Waals surface area contributed by atoms with Crippen LogP contribution in [-0.4, -0.2) is 14.8 Å². The van der Waals surface area contributed by atoms with Crippen LogP contribution >= 0.6 is 0 Å². The van der Waals surface area contributed by atoms with E-state index in [9.17, 15) is 0 Å². The molecule has 0 amide bonds. The van der Waals surface area contributed by atoms with Crippen LogP contribution in [0.25, 0.3) is 0 Å². The molecule has 0 aliphatic carbocycles. The lowest BCUT2D eigenvalue weighted by molar-refractivity contribution is 0.470. The van der Waals surface area contributed by atoms with Gasteiger partial charge in [0.2, 0.25) is 0 Å². The quantitative estimate of drug-likeness (QED) is 0.872. The van der Waals surface area contributed by atoms with Crippen LogP contribution in [-0.2, 0) is 13.0 Å². The summed E-state index contributed by atoms with van der Waals surface area (Å²) in [5.74, 6) is 0.598. The predicted molar refractivity (Wildman–Crippen MR) is 82.7 cm³/mol. The summed E-state index contributed by atoms with van der Waals surface area (Å²) in [5.41, 5.74) is 3.43. The second-order valence-electron chi connectivity index (χ2n) is 5.56. The van der Waals surface area contributed by atoms with Crippen LogP contribution in [0.2, 0.25) is 0 Å². The summed E-state index contributed by atoms with van der Waals surface area (Å²) >= 11 is 0. The van der Waals surface area contributed by atoms with Gasteiger partial charge in [0.1, 0.15) is 0 Å². The van der Waals surface area contributed by atoms with Crippen molar-refractivity contribution in [3.8, 4) is 0 Å². The molecule has 4 nitrogen and oxygen atoms in total. The van der Waals surface area contributed by atoms with Crippen molar-refractivity contribution in [1.82, 2.24) is 14.8 Å². The van der Waals surface area contributed by atoms with E-state index in [4.69, 9.17) is 0 Å². The van der Waals surface area contributed by atoms with Gasteiger partial charge in [0.15, 0.2) is 0 Å². The van der Waals surface area contributed by atoms with Crippen LogP contribution in [0.4, 0.5) is 5.69 Å². The van der Waals surface area contributed by atoms with Crippen molar-refractivity contribution in [3.63, 3.8) is 0 Å². The highest BCUT2D eigenvalue weighted by Gasteiger charge is 2.13. The van der Waals surface area contributed by atoms with Crippen LogP contribution in [0.3, 0.4) is 0 Å². The molecule has 0 radical (unpaired) electrons. The Bertz CT molecular complexity index is 531. The Morgan fingerprint density at radius 2 is 2.05 bits per heavy atom. The molecule has 20 heavy (non-hydrogen) atoms. The molecule has 0 unspecified atom stereocenters. The summed E-state index contributed by atoms with van der Waals surface area (Å²) in [7, 11) is 0. The highest BCUT2D eigenvalue weighted by molar-refractivity contribution is 5.48. The summed E-state index contributed by atoms with van der Waals surface area (Å²) in [6.45, 7) is 9.68. The maximum absolute atomic E-state index is 4.51. The third-order valence-electron chi connectivity index (χ3n) is 3.33. The van der Waals surface area contributed by atoms with Gasteiger partial charge in [-0.1, -0.05) is 26.8 Å². The minimum atomic E-state index is 0.179. The van der Waals surface area contributed by atoms with Crippen LogP contribution in [0.5, 0.6) is 0 Å². The molecule has 0 aliphatic rings. The van der Waals surface area contributed by atoms with E-state index in [0.717, 1.165) is 24.3 Å². The SMILES string of the molecule is CCc1c(N[C@@H](C)c2ccccn2)cnn1CC(C)C. The molecule has 2 aromatic rings. The molecule has 0 saturated carbocycles. The largest absolute Gasteiger partial charge is 0.374 e. The molecule has 4 heteroatoms. The van der Waals surface area contributed by atoms with Gasteiger partial charge in [-0.15, -0.1) is 0 Å². The lowest BCUT2D eigenvalue weighted by Crippen LogP contribution is -2.12. The molecule has 0 aromatic carbocycles. The molecule has 2 aromatic heterocycles. The van der Waals surface area contributed by atoms with E-state index in [1.807, 2.05) is 30.6 Å². The van der Waals surface area contributed by atoms with Crippen molar-refractivity contribution in [2.45, 2.75) is 46.7 Å². The van der Waals surface area contributed by atoms with Crippen molar-refractivity contribution < 1.29 is 0 Å². The first-order valence-corrected chi connectivity index (χ1v) is 7.34. The molecular weight excluding hydrogens is 248 g/mol. The molecule has 1 atom stereocenters. The Morgan fingerprint density at radius 3 is 2.65 bits per heavy atom. The number of nitrogens with one attached hydrogen (secondary N) is 1.